The zero-order valence-corrected chi connectivity index (χ0v) is 17.5. The van der Waals surface area contributed by atoms with Crippen LogP contribution in [0.4, 0.5) is 21.6 Å². The van der Waals surface area contributed by atoms with Crippen LogP contribution in [0.1, 0.15) is 0 Å². The monoisotopic (exact) mass is 442 g/mol. The Hall–Kier alpha value is -4.46. The first kappa shape index (κ1) is 20.4. The number of hydrogen-bond donors (Lipinski definition) is 1. The maximum Gasteiger partial charge on any atom is 0.250 e. The lowest BCUT2D eigenvalue weighted by atomic mass is 10.1. The van der Waals surface area contributed by atoms with Gasteiger partial charge in [-0.2, -0.15) is 0 Å². The molecule has 1 aliphatic rings. The average Bonchev–Trinajstić information content (AvgIpc) is 2.85. The quantitative estimate of drug-likeness (QED) is 0.427. The summed E-state index contributed by atoms with van der Waals surface area (Å²) in [6.07, 6.45) is 2.68. The molecule has 1 aromatic heterocycles. The second-order valence-corrected chi connectivity index (χ2v) is 7.26. The molecule has 0 aliphatic carbocycles. The minimum absolute atomic E-state index is 0.110. The fourth-order valence-electron chi connectivity index (χ4n) is 3.68. The smallest absolute Gasteiger partial charge is 0.250 e. The molecule has 0 radical (unpaired) electrons. The van der Waals surface area contributed by atoms with Gasteiger partial charge in [-0.15, -0.1) is 0 Å². The third-order valence-corrected chi connectivity index (χ3v) is 5.19. The molecule has 0 fully saturated rings. The summed E-state index contributed by atoms with van der Waals surface area (Å²) in [7, 11) is 0. The summed E-state index contributed by atoms with van der Waals surface area (Å²) in [5.74, 6) is 0.826. The van der Waals surface area contributed by atoms with Crippen molar-refractivity contribution in [2.45, 2.75) is 0 Å². The number of nitrogens with zero attached hydrogens (tertiary/aromatic N) is 3. The fourth-order valence-corrected chi connectivity index (χ4v) is 3.68. The first-order valence-corrected chi connectivity index (χ1v) is 10.3. The summed E-state index contributed by atoms with van der Waals surface area (Å²) in [5, 5.41) is 3.74. The first-order chi connectivity index (χ1) is 16.1. The number of carbonyl (C=O) groups is 1. The van der Waals surface area contributed by atoms with Crippen molar-refractivity contribution in [2.75, 3.05) is 23.4 Å². The van der Waals surface area contributed by atoms with Crippen molar-refractivity contribution in [2.24, 2.45) is 0 Å². The summed E-state index contributed by atoms with van der Waals surface area (Å²) in [6.45, 7) is 4.30. The molecule has 0 spiro atoms. The van der Waals surface area contributed by atoms with E-state index in [0.717, 1.165) is 0 Å². The minimum Gasteiger partial charge on any atom is -0.489 e. The van der Waals surface area contributed by atoms with Gasteiger partial charge < -0.3 is 19.7 Å². The largest absolute Gasteiger partial charge is 0.489 e. The predicted octanol–water partition coefficient (Wildman–Crippen LogP) is 5.22. The number of fused-ring (bicyclic) bond motifs is 3. The van der Waals surface area contributed by atoms with Crippen LogP contribution in [-0.4, -0.2) is 29.0 Å². The molecule has 3 aromatic carbocycles. The number of aromatic nitrogens is 2. The normalized spacial score (nSPS) is 12.6. The van der Waals surface area contributed by atoms with Crippen molar-refractivity contribution in [3.8, 4) is 17.2 Å². The van der Waals surface area contributed by atoms with Gasteiger partial charge in [0.15, 0.2) is 17.3 Å². The highest BCUT2D eigenvalue weighted by atomic mass is 19.1. The van der Waals surface area contributed by atoms with Gasteiger partial charge >= 0.3 is 0 Å². The van der Waals surface area contributed by atoms with E-state index in [-0.39, 0.29) is 11.7 Å². The van der Waals surface area contributed by atoms with E-state index in [0.29, 0.717) is 52.7 Å². The van der Waals surface area contributed by atoms with Gasteiger partial charge in [-0.1, -0.05) is 24.8 Å². The van der Waals surface area contributed by atoms with Crippen LogP contribution in [0.25, 0.3) is 10.9 Å². The molecular weight excluding hydrogens is 423 g/mol. The SMILES string of the molecule is C=CC(=O)N1CCOc2c1ccc1ncnc(Nc3ccc(Oc4ccccc4)c(F)c3)c21. The highest BCUT2D eigenvalue weighted by Crippen LogP contribution is 2.41. The average molecular weight is 442 g/mol. The Morgan fingerprint density at radius 3 is 2.79 bits per heavy atom. The molecule has 0 atom stereocenters. The van der Waals surface area contributed by atoms with E-state index >= 15 is 0 Å². The predicted molar refractivity (Wildman–Crippen MR) is 124 cm³/mol. The van der Waals surface area contributed by atoms with E-state index < -0.39 is 5.82 Å². The van der Waals surface area contributed by atoms with Gasteiger partial charge in [-0.25, -0.2) is 14.4 Å². The number of halogens is 1. The number of ether oxygens (including phenoxy) is 2. The molecule has 164 valence electrons. The highest BCUT2D eigenvalue weighted by molar-refractivity contribution is 6.07. The zero-order valence-electron chi connectivity index (χ0n) is 17.5. The van der Waals surface area contributed by atoms with Gasteiger partial charge in [-0.05, 0) is 42.5 Å². The standard InChI is InChI=1S/C25H19FN4O3/c1-2-22(31)30-12-13-32-24-20(30)10-9-19-23(24)25(28-15-27-19)29-16-8-11-21(18(26)14-16)33-17-6-4-3-5-7-17/h2-11,14-15H,1,12-13H2,(H,27,28,29). The van der Waals surface area contributed by atoms with Crippen LogP contribution in [0.2, 0.25) is 0 Å². The van der Waals surface area contributed by atoms with Crippen molar-refractivity contribution >= 4 is 34.0 Å². The minimum atomic E-state index is -0.525. The number of anilines is 3. The molecule has 7 nitrogen and oxygen atoms in total. The number of rotatable bonds is 5. The molecule has 1 amide bonds. The summed E-state index contributed by atoms with van der Waals surface area (Å²) < 4.78 is 26.2. The number of nitrogens with one attached hydrogen (secondary N) is 1. The summed E-state index contributed by atoms with van der Waals surface area (Å²) in [6, 6.07) is 17.1. The van der Waals surface area contributed by atoms with Crippen LogP contribution in [0.15, 0.2) is 79.6 Å². The van der Waals surface area contributed by atoms with E-state index in [1.54, 1.807) is 41.3 Å². The number of benzene rings is 3. The number of amides is 1. The van der Waals surface area contributed by atoms with E-state index in [1.807, 2.05) is 18.2 Å². The first-order valence-electron chi connectivity index (χ1n) is 10.3. The number of hydrogen-bond acceptors (Lipinski definition) is 6. The third kappa shape index (κ3) is 3.94. The maximum atomic E-state index is 14.7. The Kier molecular flexibility index (Phi) is 5.32. The van der Waals surface area contributed by atoms with Gasteiger partial charge in [0.1, 0.15) is 24.5 Å². The van der Waals surface area contributed by atoms with E-state index in [4.69, 9.17) is 9.47 Å². The molecule has 1 N–H and O–H groups in total. The van der Waals surface area contributed by atoms with Crippen molar-refractivity contribution in [3.05, 3.63) is 85.5 Å². The molecule has 0 bridgehead atoms. The van der Waals surface area contributed by atoms with E-state index in [2.05, 4.69) is 21.9 Å². The Morgan fingerprint density at radius 2 is 2.00 bits per heavy atom. The van der Waals surface area contributed by atoms with Crippen LogP contribution in [0.3, 0.4) is 0 Å². The van der Waals surface area contributed by atoms with E-state index in [1.165, 1.54) is 18.5 Å². The number of para-hydroxylation sites is 1. The van der Waals surface area contributed by atoms with Crippen LogP contribution in [0, 0.1) is 5.82 Å². The highest BCUT2D eigenvalue weighted by Gasteiger charge is 2.26. The summed E-state index contributed by atoms with van der Waals surface area (Å²) >= 11 is 0. The Morgan fingerprint density at radius 1 is 1.15 bits per heavy atom. The Bertz CT molecular complexity index is 1360. The topological polar surface area (TPSA) is 76.6 Å². The second-order valence-electron chi connectivity index (χ2n) is 7.26. The summed E-state index contributed by atoms with van der Waals surface area (Å²) in [5.41, 5.74) is 1.71. The van der Waals surface area contributed by atoms with Crippen LogP contribution in [0.5, 0.6) is 17.2 Å². The van der Waals surface area contributed by atoms with Crippen molar-refractivity contribution in [3.63, 3.8) is 0 Å². The molecule has 2 heterocycles. The van der Waals surface area contributed by atoms with Crippen LogP contribution < -0.4 is 19.7 Å². The third-order valence-electron chi connectivity index (χ3n) is 5.19. The molecule has 1 aliphatic heterocycles. The van der Waals surface area contributed by atoms with Crippen molar-refractivity contribution in [1.29, 1.82) is 0 Å². The molecule has 33 heavy (non-hydrogen) atoms. The van der Waals surface area contributed by atoms with Gasteiger partial charge in [0.25, 0.3) is 5.91 Å². The molecule has 4 aromatic rings. The van der Waals surface area contributed by atoms with Gasteiger partial charge in [0.05, 0.1) is 23.1 Å². The lowest BCUT2D eigenvalue weighted by Crippen LogP contribution is -2.36. The van der Waals surface area contributed by atoms with Crippen molar-refractivity contribution < 1.29 is 18.7 Å². The summed E-state index contributed by atoms with van der Waals surface area (Å²) in [4.78, 5) is 22.5. The van der Waals surface area contributed by atoms with E-state index in [9.17, 15) is 9.18 Å². The molecule has 8 heteroatoms. The number of carbonyl (C=O) groups excluding carboxylic acids is 1. The van der Waals surface area contributed by atoms with Gasteiger partial charge in [-0.3, -0.25) is 4.79 Å². The molecule has 0 saturated carbocycles. The van der Waals surface area contributed by atoms with Gasteiger partial charge in [0.2, 0.25) is 0 Å². The lowest BCUT2D eigenvalue weighted by Gasteiger charge is -2.29. The van der Waals surface area contributed by atoms with Crippen molar-refractivity contribution in [1.82, 2.24) is 9.97 Å². The Balaban J connectivity index is 1.50. The fraction of sp³-hybridized carbons (Fsp3) is 0.0800. The lowest BCUT2D eigenvalue weighted by molar-refractivity contribution is -0.114. The molecule has 0 unspecified atom stereocenters. The molecule has 0 saturated heterocycles. The molecular formula is C25H19FN4O3. The maximum absolute atomic E-state index is 14.7. The van der Waals surface area contributed by atoms with Gasteiger partial charge in [0, 0.05) is 11.8 Å². The van der Waals surface area contributed by atoms with Crippen LogP contribution in [-0.2, 0) is 4.79 Å². The zero-order chi connectivity index (χ0) is 22.8. The van der Waals surface area contributed by atoms with Crippen LogP contribution >= 0.6 is 0 Å². The second kappa shape index (κ2) is 8.58. The molecule has 5 rings (SSSR count). The Labute approximate surface area is 189 Å².